The molecule has 0 atom stereocenters. The molecule has 19 heavy (non-hydrogen) atoms. The highest BCUT2D eigenvalue weighted by molar-refractivity contribution is 5.94. The molecule has 0 heterocycles. The number of hydrogen-bond donors (Lipinski definition) is 1. The largest absolute Gasteiger partial charge is 0.352 e. The van der Waals surface area contributed by atoms with Gasteiger partial charge in [0, 0.05) is 12.1 Å². The highest BCUT2D eigenvalue weighted by Gasteiger charge is 2.03. The van der Waals surface area contributed by atoms with Crippen LogP contribution < -0.4 is 5.32 Å². The third-order valence-electron chi connectivity index (χ3n) is 2.93. The summed E-state index contributed by atoms with van der Waals surface area (Å²) in [5.74, 6) is -0.324. The average molecular weight is 257 g/mol. The zero-order chi connectivity index (χ0) is 13.7. The molecular weight excluding hydrogens is 241 g/mol. The first-order chi connectivity index (χ1) is 9.15. The van der Waals surface area contributed by atoms with Crippen LogP contribution >= 0.6 is 0 Å². The predicted molar refractivity (Wildman–Crippen MR) is 73.6 cm³/mol. The Hall–Kier alpha value is -2.16. The summed E-state index contributed by atoms with van der Waals surface area (Å²) in [6, 6.07) is 13.8. The van der Waals surface area contributed by atoms with Crippen molar-refractivity contribution >= 4 is 5.91 Å². The minimum absolute atomic E-state index is 0.0814. The fraction of sp³-hybridized carbons (Fsp3) is 0.188. The number of aryl methyl sites for hydroxylation is 1. The van der Waals surface area contributed by atoms with Gasteiger partial charge in [-0.1, -0.05) is 29.8 Å². The van der Waals surface area contributed by atoms with E-state index < -0.39 is 0 Å². The van der Waals surface area contributed by atoms with Gasteiger partial charge < -0.3 is 5.32 Å². The number of benzene rings is 2. The van der Waals surface area contributed by atoms with Gasteiger partial charge in [-0.2, -0.15) is 0 Å². The molecule has 0 aliphatic rings. The van der Waals surface area contributed by atoms with Crippen LogP contribution in [0.3, 0.4) is 0 Å². The fourth-order valence-electron chi connectivity index (χ4n) is 1.78. The Morgan fingerprint density at radius 2 is 1.68 bits per heavy atom. The lowest BCUT2D eigenvalue weighted by Gasteiger charge is -2.05. The van der Waals surface area contributed by atoms with E-state index in [4.69, 9.17) is 0 Å². The zero-order valence-electron chi connectivity index (χ0n) is 10.8. The third kappa shape index (κ3) is 3.91. The number of carbonyl (C=O) groups is 1. The van der Waals surface area contributed by atoms with E-state index in [9.17, 15) is 9.18 Å². The van der Waals surface area contributed by atoms with Gasteiger partial charge in [0.2, 0.25) is 0 Å². The molecule has 1 amide bonds. The van der Waals surface area contributed by atoms with Gasteiger partial charge in [-0.3, -0.25) is 4.79 Å². The Kier molecular flexibility index (Phi) is 4.29. The second-order valence-electron chi connectivity index (χ2n) is 4.50. The van der Waals surface area contributed by atoms with Crippen molar-refractivity contribution in [2.24, 2.45) is 0 Å². The van der Waals surface area contributed by atoms with Crippen molar-refractivity contribution in [3.8, 4) is 0 Å². The Morgan fingerprint density at radius 3 is 2.32 bits per heavy atom. The number of carbonyl (C=O) groups excluding carboxylic acids is 1. The molecule has 98 valence electrons. The van der Waals surface area contributed by atoms with Gasteiger partial charge >= 0.3 is 0 Å². The van der Waals surface area contributed by atoms with Gasteiger partial charge in [0.25, 0.3) is 5.91 Å². The van der Waals surface area contributed by atoms with Crippen molar-refractivity contribution in [2.45, 2.75) is 13.3 Å². The molecule has 0 aliphatic carbocycles. The van der Waals surface area contributed by atoms with Crippen molar-refractivity contribution in [3.63, 3.8) is 0 Å². The van der Waals surface area contributed by atoms with E-state index in [1.54, 1.807) is 12.1 Å². The standard InChI is InChI=1S/C16H16FNO/c1-12-2-6-14(7-3-12)16(19)18-11-10-13-4-8-15(17)9-5-13/h2-9H,10-11H2,1H3,(H,18,19). The van der Waals surface area contributed by atoms with Crippen LogP contribution in [-0.2, 0) is 6.42 Å². The maximum atomic E-state index is 12.7. The number of rotatable bonds is 4. The molecule has 1 N–H and O–H groups in total. The summed E-state index contributed by atoms with van der Waals surface area (Å²) in [7, 11) is 0. The smallest absolute Gasteiger partial charge is 0.251 e. The van der Waals surface area contributed by atoms with Gasteiger partial charge in [-0.05, 0) is 43.2 Å². The SMILES string of the molecule is Cc1ccc(C(=O)NCCc2ccc(F)cc2)cc1. The molecule has 2 rings (SSSR count). The molecule has 0 radical (unpaired) electrons. The Bertz CT molecular complexity index is 546. The summed E-state index contributed by atoms with van der Waals surface area (Å²) in [5.41, 5.74) is 2.79. The molecule has 0 bridgehead atoms. The van der Waals surface area contributed by atoms with Crippen LogP contribution in [0.15, 0.2) is 48.5 Å². The first kappa shape index (κ1) is 13.3. The monoisotopic (exact) mass is 257 g/mol. The Balaban J connectivity index is 1.84. The topological polar surface area (TPSA) is 29.1 Å². The maximum Gasteiger partial charge on any atom is 0.251 e. The second kappa shape index (κ2) is 6.14. The summed E-state index contributed by atoms with van der Waals surface area (Å²) in [5, 5.41) is 2.85. The normalized spacial score (nSPS) is 10.2. The van der Waals surface area contributed by atoms with Gasteiger partial charge in [0.1, 0.15) is 5.82 Å². The zero-order valence-corrected chi connectivity index (χ0v) is 10.8. The lowest BCUT2D eigenvalue weighted by atomic mass is 10.1. The summed E-state index contributed by atoms with van der Waals surface area (Å²) in [4.78, 5) is 11.8. The van der Waals surface area contributed by atoms with Gasteiger partial charge in [0.05, 0.1) is 0 Å². The first-order valence-electron chi connectivity index (χ1n) is 6.24. The van der Waals surface area contributed by atoms with Crippen LogP contribution in [0.1, 0.15) is 21.5 Å². The lowest BCUT2D eigenvalue weighted by Crippen LogP contribution is -2.25. The van der Waals surface area contributed by atoms with Gasteiger partial charge in [-0.15, -0.1) is 0 Å². The fourth-order valence-corrected chi connectivity index (χ4v) is 1.78. The number of halogens is 1. The van der Waals surface area contributed by atoms with Crippen LogP contribution in [0.2, 0.25) is 0 Å². The summed E-state index contributed by atoms with van der Waals surface area (Å²) in [6.45, 7) is 2.52. The lowest BCUT2D eigenvalue weighted by molar-refractivity contribution is 0.0954. The number of amides is 1. The van der Waals surface area contributed by atoms with Crippen LogP contribution in [0, 0.1) is 12.7 Å². The van der Waals surface area contributed by atoms with Crippen LogP contribution in [0.4, 0.5) is 4.39 Å². The molecule has 2 nitrogen and oxygen atoms in total. The molecule has 0 aromatic heterocycles. The van der Waals surface area contributed by atoms with Gasteiger partial charge in [0.15, 0.2) is 0 Å². The van der Waals surface area contributed by atoms with Crippen molar-refractivity contribution in [1.82, 2.24) is 5.32 Å². The van der Waals surface area contributed by atoms with Crippen LogP contribution in [0.5, 0.6) is 0 Å². The van der Waals surface area contributed by atoms with Crippen molar-refractivity contribution in [3.05, 3.63) is 71.0 Å². The molecule has 3 heteroatoms. The molecule has 0 saturated heterocycles. The Labute approximate surface area is 112 Å². The van der Waals surface area contributed by atoms with Crippen LogP contribution in [0.25, 0.3) is 0 Å². The van der Waals surface area contributed by atoms with E-state index in [0.717, 1.165) is 11.1 Å². The van der Waals surface area contributed by atoms with E-state index in [1.165, 1.54) is 12.1 Å². The molecule has 0 fully saturated rings. The average Bonchev–Trinajstić information content (AvgIpc) is 2.41. The molecule has 0 unspecified atom stereocenters. The molecular formula is C16H16FNO. The predicted octanol–water partition coefficient (Wildman–Crippen LogP) is 3.11. The molecule has 0 saturated carbocycles. The minimum Gasteiger partial charge on any atom is -0.352 e. The maximum absolute atomic E-state index is 12.7. The summed E-state index contributed by atoms with van der Waals surface area (Å²) < 4.78 is 12.7. The highest BCUT2D eigenvalue weighted by Crippen LogP contribution is 2.04. The van der Waals surface area contributed by atoms with Crippen molar-refractivity contribution in [1.29, 1.82) is 0 Å². The quantitative estimate of drug-likeness (QED) is 0.896. The number of nitrogens with one attached hydrogen (secondary N) is 1. The van der Waals surface area contributed by atoms with E-state index in [-0.39, 0.29) is 11.7 Å². The third-order valence-corrected chi connectivity index (χ3v) is 2.93. The Morgan fingerprint density at radius 1 is 1.05 bits per heavy atom. The van der Waals surface area contributed by atoms with E-state index >= 15 is 0 Å². The minimum atomic E-state index is -0.243. The van der Waals surface area contributed by atoms with Crippen molar-refractivity contribution < 1.29 is 9.18 Å². The van der Waals surface area contributed by atoms with Crippen LogP contribution in [-0.4, -0.2) is 12.5 Å². The first-order valence-corrected chi connectivity index (χ1v) is 6.24. The molecule has 0 spiro atoms. The molecule has 0 aliphatic heterocycles. The van der Waals surface area contributed by atoms with Crippen molar-refractivity contribution in [2.75, 3.05) is 6.54 Å². The summed E-state index contributed by atoms with van der Waals surface area (Å²) >= 11 is 0. The van der Waals surface area contributed by atoms with E-state index in [1.807, 2.05) is 31.2 Å². The molecule has 2 aromatic rings. The number of hydrogen-bond acceptors (Lipinski definition) is 1. The van der Waals surface area contributed by atoms with E-state index in [0.29, 0.717) is 18.5 Å². The highest BCUT2D eigenvalue weighted by atomic mass is 19.1. The summed E-state index contributed by atoms with van der Waals surface area (Å²) in [6.07, 6.45) is 0.692. The van der Waals surface area contributed by atoms with E-state index in [2.05, 4.69) is 5.32 Å². The molecule has 2 aromatic carbocycles. The van der Waals surface area contributed by atoms with Gasteiger partial charge in [-0.25, -0.2) is 4.39 Å². The second-order valence-corrected chi connectivity index (χ2v) is 4.50.